The van der Waals surface area contributed by atoms with Crippen LogP contribution in [0.5, 0.6) is 0 Å². The molecule has 52 valence electrons. The molecule has 1 saturated heterocycles. The van der Waals surface area contributed by atoms with Crippen molar-refractivity contribution in [3.8, 4) is 0 Å². The minimum atomic E-state index is -0.847. The standard InChI is InChI=1S/C5H10N2O2/c6-3-1-2-7-4(3)5(8)9/h3-4,7H,1-2,6H2,(H,8,9)/t3-,4-/m1/s1. The van der Waals surface area contributed by atoms with E-state index in [2.05, 4.69) is 5.32 Å². The Kier molecular flexibility index (Phi) is 1.68. The van der Waals surface area contributed by atoms with Gasteiger partial charge in [-0.2, -0.15) is 0 Å². The van der Waals surface area contributed by atoms with Crippen LogP contribution in [0.3, 0.4) is 0 Å². The Balaban J connectivity index is 2.49. The summed E-state index contributed by atoms with van der Waals surface area (Å²) < 4.78 is 0. The number of carboxylic acids is 1. The Bertz CT molecular complexity index is 126. The van der Waals surface area contributed by atoms with E-state index < -0.39 is 12.0 Å². The first-order valence-corrected chi connectivity index (χ1v) is 2.93. The maximum absolute atomic E-state index is 10.3. The average molecular weight is 130 g/mol. The lowest BCUT2D eigenvalue weighted by molar-refractivity contribution is -0.139. The molecular weight excluding hydrogens is 120 g/mol. The second-order valence-electron chi connectivity index (χ2n) is 2.22. The van der Waals surface area contributed by atoms with Gasteiger partial charge in [-0.3, -0.25) is 4.79 Å². The normalized spacial score (nSPS) is 34.8. The zero-order valence-electron chi connectivity index (χ0n) is 5.00. The predicted molar refractivity (Wildman–Crippen MR) is 32.0 cm³/mol. The lowest BCUT2D eigenvalue weighted by Crippen LogP contribution is -2.42. The molecule has 0 unspecified atom stereocenters. The van der Waals surface area contributed by atoms with E-state index in [1.165, 1.54) is 0 Å². The third kappa shape index (κ3) is 1.20. The van der Waals surface area contributed by atoms with Crippen molar-refractivity contribution >= 4 is 5.97 Å². The minimum absolute atomic E-state index is 0.206. The fourth-order valence-electron chi connectivity index (χ4n) is 0.994. The SMILES string of the molecule is N[C@@H]1CCN[C@H]1C(=O)O. The second-order valence-corrected chi connectivity index (χ2v) is 2.22. The van der Waals surface area contributed by atoms with Crippen molar-refractivity contribution < 1.29 is 9.90 Å². The van der Waals surface area contributed by atoms with Crippen molar-refractivity contribution in [2.45, 2.75) is 18.5 Å². The number of rotatable bonds is 1. The van der Waals surface area contributed by atoms with Crippen LogP contribution in [0.4, 0.5) is 0 Å². The molecule has 0 aromatic rings. The highest BCUT2D eigenvalue weighted by Gasteiger charge is 2.28. The fourth-order valence-corrected chi connectivity index (χ4v) is 0.994. The molecule has 0 aromatic carbocycles. The number of aliphatic carboxylic acids is 1. The van der Waals surface area contributed by atoms with Gasteiger partial charge in [0.25, 0.3) is 0 Å². The van der Waals surface area contributed by atoms with Crippen LogP contribution in [-0.4, -0.2) is 29.7 Å². The van der Waals surface area contributed by atoms with Crippen LogP contribution in [0, 0.1) is 0 Å². The molecule has 1 aliphatic rings. The Hall–Kier alpha value is -0.610. The van der Waals surface area contributed by atoms with Gasteiger partial charge in [0.2, 0.25) is 0 Å². The molecule has 1 rings (SSSR count). The summed E-state index contributed by atoms with van der Waals surface area (Å²) in [6, 6.07) is -0.729. The van der Waals surface area contributed by atoms with E-state index in [4.69, 9.17) is 10.8 Å². The molecule has 0 radical (unpaired) electrons. The first kappa shape index (κ1) is 6.51. The maximum atomic E-state index is 10.3. The molecule has 0 bridgehead atoms. The van der Waals surface area contributed by atoms with E-state index in [1.54, 1.807) is 0 Å². The Morgan fingerprint density at radius 3 is 2.67 bits per heavy atom. The number of hydrogen-bond acceptors (Lipinski definition) is 3. The van der Waals surface area contributed by atoms with Crippen LogP contribution >= 0.6 is 0 Å². The van der Waals surface area contributed by atoms with Crippen LogP contribution in [0.25, 0.3) is 0 Å². The lowest BCUT2D eigenvalue weighted by atomic mass is 10.1. The highest BCUT2D eigenvalue weighted by Crippen LogP contribution is 2.02. The number of nitrogens with two attached hydrogens (primary N) is 1. The van der Waals surface area contributed by atoms with Gasteiger partial charge >= 0.3 is 5.97 Å². The van der Waals surface area contributed by atoms with Crippen molar-refractivity contribution in [3.05, 3.63) is 0 Å². The highest BCUT2D eigenvalue weighted by molar-refractivity contribution is 5.74. The Labute approximate surface area is 53.0 Å². The van der Waals surface area contributed by atoms with E-state index in [-0.39, 0.29) is 6.04 Å². The third-order valence-corrected chi connectivity index (χ3v) is 1.54. The van der Waals surface area contributed by atoms with Gasteiger partial charge in [-0.05, 0) is 13.0 Å². The van der Waals surface area contributed by atoms with Gasteiger partial charge in [0.1, 0.15) is 6.04 Å². The van der Waals surface area contributed by atoms with Gasteiger partial charge < -0.3 is 16.2 Å². The minimum Gasteiger partial charge on any atom is -0.480 e. The maximum Gasteiger partial charge on any atom is 0.322 e. The third-order valence-electron chi connectivity index (χ3n) is 1.54. The Morgan fingerprint density at radius 1 is 1.78 bits per heavy atom. The molecule has 0 aliphatic carbocycles. The molecule has 0 spiro atoms. The molecule has 9 heavy (non-hydrogen) atoms. The van der Waals surface area contributed by atoms with Crippen molar-refractivity contribution in [3.63, 3.8) is 0 Å². The van der Waals surface area contributed by atoms with E-state index in [9.17, 15) is 4.79 Å². The van der Waals surface area contributed by atoms with E-state index in [1.807, 2.05) is 0 Å². The molecule has 0 saturated carbocycles. The van der Waals surface area contributed by atoms with Crippen molar-refractivity contribution in [2.24, 2.45) is 5.73 Å². The molecule has 4 N–H and O–H groups in total. The van der Waals surface area contributed by atoms with Crippen LogP contribution in [-0.2, 0) is 4.79 Å². The van der Waals surface area contributed by atoms with Crippen LogP contribution in [0.2, 0.25) is 0 Å². The molecule has 1 fully saturated rings. The van der Waals surface area contributed by atoms with Crippen molar-refractivity contribution in [1.82, 2.24) is 5.32 Å². The topological polar surface area (TPSA) is 75.3 Å². The molecule has 4 nitrogen and oxygen atoms in total. The summed E-state index contributed by atoms with van der Waals surface area (Å²) in [6.45, 7) is 0.720. The molecule has 4 heteroatoms. The van der Waals surface area contributed by atoms with Crippen molar-refractivity contribution in [1.29, 1.82) is 0 Å². The zero-order chi connectivity index (χ0) is 6.85. The number of carbonyl (C=O) groups is 1. The summed E-state index contributed by atoms with van der Waals surface area (Å²) >= 11 is 0. The summed E-state index contributed by atoms with van der Waals surface area (Å²) in [6.07, 6.45) is 0.761. The number of nitrogens with one attached hydrogen (secondary N) is 1. The van der Waals surface area contributed by atoms with Gasteiger partial charge in [-0.15, -0.1) is 0 Å². The van der Waals surface area contributed by atoms with E-state index >= 15 is 0 Å². The van der Waals surface area contributed by atoms with Crippen LogP contribution in [0.1, 0.15) is 6.42 Å². The van der Waals surface area contributed by atoms with Gasteiger partial charge in [0.05, 0.1) is 0 Å². The largest absolute Gasteiger partial charge is 0.480 e. The summed E-state index contributed by atoms with van der Waals surface area (Å²) in [5, 5.41) is 11.2. The fraction of sp³-hybridized carbons (Fsp3) is 0.800. The molecule has 1 heterocycles. The zero-order valence-corrected chi connectivity index (χ0v) is 5.00. The van der Waals surface area contributed by atoms with Gasteiger partial charge in [-0.25, -0.2) is 0 Å². The van der Waals surface area contributed by atoms with Crippen LogP contribution in [0.15, 0.2) is 0 Å². The first-order valence-electron chi connectivity index (χ1n) is 2.93. The molecule has 2 atom stereocenters. The van der Waals surface area contributed by atoms with Gasteiger partial charge in [0, 0.05) is 6.04 Å². The molecular formula is C5H10N2O2. The smallest absolute Gasteiger partial charge is 0.322 e. The number of carboxylic acid groups (broad SMARTS) is 1. The van der Waals surface area contributed by atoms with Gasteiger partial charge in [0.15, 0.2) is 0 Å². The predicted octanol–water partition coefficient (Wildman–Crippen LogP) is -1.24. The summed E-state index contributed by atoms with van der Waals surface area (Å²) in [5.74, 6) is -0.847. The van der Waals surface area contributed by atoms with E-state index in [0.717, 1.165) is 13.0 Å². The summed E-state index contributed by atoms with van der Waals surface area (Å²) in [7, 11) is 0. The Morgan fingerprint density at radius 2 is 2.44 bits per heavy atom. The highest BCUT2D eigenvalue weighted by atomic mass is 16.4. The lowest BCUT2D eigenvalue weighted by Gasteiger charge is -2.08. The number of hydrogen-bond donors (Lipinski definition) is 3. The monoisotopic (exact) mass is 130 g/mol. The summed E-state index contributed by atoms with van der Waals surface area (Å²) in [5.41, 5.74) is 5.44. The average Bonchev–Trinajstić information content (AvgIpc) is 2.13. The van der Waals surface area contributed by atoms with Crippen LogP contribution < -0.4 is 11.1 Å². The first-order chi connectivity index (χ1) is 4.22. The molecule has 1 aliphatic heterocycles. The molecule has 0 aromatic heterocycles. The summed E-state index contributed by atoms with van der Waals surface area (Å²) in [4.78, 5) is 10.3. The quantitative estimate of drug-likeness (QED) is 0.415. The van der Waals surface area contributed by atoms with Crippen molar-refractivity contribution in [2.75, 3.05) is 6.54 Å². The molecule has 0 amide bonds. The van der Waals surface area contributed by atoms with Gasteiger partial charge in [-0.1, -0.05) is 0 Å². The second kappa shape index (κ2) is 2.33. The van der Waals surface area contributed by atoms with E-state index in [0.29, 0.717) is 0 Å².